The Balaban J connectivity index is 2.03. The molecule has 2 heterocycles. The molecule has 0 spiro atoms. The molecule has 0 unspecified atom stereocenters. The minimum Gasteiger partial charge on any atom is -0.472 e. The van der Waals surface area contributed by atoms with Crippen LogP contribution in [0.4, 0.5) is 0 Å². The van der Waals surface area contributed by atoms with Gasteiger partial charge in [0.15, 0.2) is 0 Å². The molecule has 5 heteroatoms. The van der Waals surface area contributed by atoms with Crippen molar-refractivity contribution in [1.82, 2.24) is 9.88 Å². The van der Waals surface area contributed by atoms with Crippen LogP contribution in [0.5, 0.6) is 0 Å². The van der Waals surface area contributed by atoms with Crippen LogP contribution < -0.4 is 0 Å². The first-order valence-corrected chi connectivity index (χ1v) is 7.27. The molecule has 4 nitrogen and oxygen atoms in total. The lowest BCUT2D eigenvalue weighted by Gasteiger charge is -2.27. The molecule has 2 aromatic rings. The zero-order valence-corrected chi connectivity index (χ0v) is 12.4. The average molecular weight is 280 g/mol. The molecule has 0 atom stereocenters. The van der Waals surface area contributed by atoms with Gasteiger partial charge in [-0.2, -0.15) is 0 Å². The number of nitrogens with zero attached hydrogens (tertiary/aromatic N) is 2. The predicted octanol–water partition coefficient (Wildman–Crippen LogP) is 3.00. The van der Waals surface area contributed by atoms with Crippen molar-refractivity contribution >= 4 is 11.3 Å². The van der Waals surface area contributed by atoms with Gasteiger partial charge >= 0.3 is 0 Å². The summed E-state index contributed by atoms with van der Waals surface area (Å²) in [4.78, 5) is 6.79. The Morgan fingerprint density at radius 2 is 2.26 bits per heavy atom. The maximum Gasteiger partial charge on any atom is 0.126 e. The van der Waals surface area contributed by atoms with E-state index in [1.165, 1.54) is 0 Å². The fourth-order valence-electron chi connectivity index (χ4n) is 1.95. The van der Waals surface area contributed by atoms with Gasteiger partial charge in [-0.1, -0.05) is 6.92 Å². The van der Waals surface area contributed by atoms with Crippen molar-refractivity contribution in [3.05, 3.63) is 29.7 Å². The van der Waals surface area contributed by atoms with E-state index in [4.69, 9.17) is 4.42 Å². The minimum atomic E-state index is -0.681. The molecule has 2 rings (SSSR count). The van der Waals surface area contributed by atoms with E-state index in [-0.39, 0.29) is 0 Å². The topological polar surface area (TPSA) is 49.5 Å². The highest BCUT2D eigenvalue weighted by molar-refractivity contribution is 7.13. The van der Waals surface area contributed by atoms with Gasteiger partial charge in [-0.25, -0.2) is 4.98 Å². The second-order valence-corrected chi connectivity index (χ2v) is 6.13. The molecule has 0 aliphatic carbocycles. The van der Waals surface area contributed by atoms with Crippen LogP contribution in [0, 0.1) is 0 Å². The van der Waals surface area contributed by atoms with E-state index in [1.807, 2.05) is 19.9 Å². The summed E-state index contributed by atoms with van der Waals surface area (Å²) in [5, 5.41) is 12.9. The molecule has 0 aromatic carbocycles. The first kappa shape index (κ1) is 14.2. The van der Waals surface area contributed by atoms with Crippen molar-refractivity contribution in [2.24, 2.45) is 0 Å². The molecule has 0 aliphatic heterocycles. The zero-order chi connectivity index (χ0) is 13.9. The first-order valence-electron chi connectivity index (χ1n) is 6.39. The lowest BCUT2D eigenvalue weighted by atomic mass is 10.1. The predicted molar refractivity (Wildman–Crippen MR) is 77.1 cm³/mol. The SMILES string of the molecule is CCN(Cc1csc(-c2ccoc2)n1)CC(C)(C)O. The molecule has 0 aliphatic rings. The summed E-state index contributed by atoms with van der Waals surface area (Å²) in [6, 6.07) is 1.91. The number of thiazole rings is 1. The summed E-state index contributed by atoms with van der Waals surface area (Å²) in [6.45, 7) is 8.04. The molecule has 0 bridgehead atoms. The second kappa shape index (κ2) is 5.86. The second-order valence-electron chi connectivity index (χ2n) is 5.27. The van der Waals surface area contributed by atoms with Crippen LogP contribution in [0.2, 0.25) is 0 Å². The number of hydrogen-bond acceptors (Lipinski definition) is 5. The smallest absolute Gasteiger partial charge is 0.126 e. The van der Waals surface area contributed by atoms with Crippen molar-refractivity contribution in [3.8, 4) is 10.6 Å². The molecule has 0 fully saturated rings. The Bertz CT molecular complexity index is 500. The quantitative estimate of drug-likeness (QED) is 0.883. The van der Waals surface area contributed by atoms with E-state index in [1.54, 1.807) is 23.9 Å². The molecule has 0 radical (unpaired) electrons. The van der Waals surface area contributed by atoms with E-state index >= 15 is 0 Å². The summed E-state index contributed by atoms with van der Waals surface area (Å²) in [6.07, 6.45) is 3.36. The van der Waals surface area contributed by atoms with E-state index < -0.39 is 5.60 Å². The Hall–Kier alpha value is -1.17. The van der Waals surface area contributed by atoms with Gasteiger partial charge in [0, 0.05) is 24.0 Å². The summed E-state index contributed by atoms with van der Waals surface area (Å²) in [5.41, 5.74) is 1.37. The zero-order valence-electron chi connectivity index (χ0n) is 11.6. The van der Waals surface area contributed by atoms with Crippen LogP contribution in [0.25, 0.3) is 10.6 Å². The molecular weight excluding hydrogens is 260 g/mol. The lowest BCUT2D eigenvalue weighted by molar-refractivity contribution is 0.0350. The van der Waals surface area contributed by atoms with Crippen molar-refractivity contribution in [2.45, 2.75) is 32.9 Å². The fourth-order valence-corrected chi connectivity index (χ4v) is 2.75. The van der Waals surface area contributed by atoms with Crippen molar-refractivity contribution in [1.29, 1.82) is 0 Å². The average Bonchev–Trinajstić information content (AvgIpc) is 2.95. The van der Waals surface area contributed by atoms with Gasteiger partial charge < -0.3 is 9.52 Å². The fraction of sp³-hybridized carbons (Fsp3) is 0.500. The minimum absolute atomic E-state index is 0.641. The molecule has 0 amide bonds. The lowest BCUT2D eigenvalue weighted by Crippen LogP contribution is -2.38. The largest absolute Gasteiger partial charge is 0.472 e. The van der Waals surface area contributed by atoms with Crippen LogP contribution in [-0.2, 0) is 6.54 Å². The first-order chi connectivity index (χ1) is 8.98. The Morgan fingerprint density at radius 1 is 1.47 bits per heavy atom. The van der Waals surface area contributed by atoms with Crippen LogP contribution >= 0.6 is 11.3 Å². The molecule has 1 N–H and O–H groups in total. The molecular formula is C14H20N2O2S. The third kappa shape index (κ3) is 4.16. The van der Waals surface area contributed by atoms with Gasteiger partial charge in [0.2, 0.25) is 0 Å². The maximum atomic E-state index is 9.88. The van der Waals surface area contributed by atoms with Crippen molar-refractivity contribution in [3.63, 3.8) is 0 Å². The number of furan rings is 1. The maximum absolute atomic E-state index is 9.88. The van der Waals surface area contributed by atoms with Crippen LogP contribution in [0.15, 0.2) is 28.4 Å². The Kier molecular flexibility index (Phi) is 4.39. The summed E-state index contributed by atoms with van der Waals surface area (Å²) < 4.78 is 5.07. The van der Waals surface area contributed by atoms with Crippen molar-refractivity contribution in [2.75, 3.05) is 13.1 Å². The van der Waals surface area contributed by atoms with Crippen LogP contribution in [0.3, 0.4) is 0 Å². The summed E-state index contributed by atoms with van der Waals surface area (Å²) >= 11 is 1.62. The number of aliphatic hydroxyl groups is 1. The van der Waals surface area contributed by atoms with Gasteiger partial charge in [0.05, 0.1) is 17.6 Å². The van der Waals surface area contributed by atoms with E-state index in [0.717, 1.165) is 29.4 Å². The normalized spacial score (nSPS) is 12.3. The van der Waals surface area contributed by atoms with Crippen molar-refractivity contribution < 1.29 is 9.52 Å². The monoisotopic (exact) mass is 280 g/mol. The Morgan fingerprint density at radius 3 is 2.84 bits per heavy atom. The van der Waals surface area contributed by atoms with Gasteiger partial charge in [0.25, 0.3) is 0 Å². The standard InChI is InChI=1S/C14H20N2O2S/c1-4-16(10-14(2,3)17)7-12-9-19-13(15-12)11-5-6-18-8-11/h5-6,8-9,17H,4,7,10H2,1-3H3. The molecule has 104 valence electrons. The third-order valence-corrected chi connectivity index (χ3v) is 3.70. The van der Waals surface area contributed by atoms with Gasteiger partial charge in [0.1, 0.15) is 11.3 Å². The van der Waals surface area contributed by atoms with E-state index in [0.29, 0.717) is 6.54 Å². The summed E-state index contributed by atoms with van der Waals surface area (Å²) in [5.74, 6) is 0. The molecule has 2 aromatic heterocycles. The Labute approximate surface area is 117 Å². The number of likely N-dealkylation sites (N-methyl/N-ethyl adjacent to an activating group) is 1. The summed E-state index contributed by atoms with van der Waals surface area (Å²) in [7, 11) is 0. The highest BCUT2D eigenvalue weighted by atomic mass is 32.1. The number of aromatic nitrogens is 1. The highest BCUT2D eigenvalue weighted by Crippen LogP contribution is 2.24. The third-order valence-electron chi connectivity index (χ3n) is 2.76. The number of hydrogen-bond donors (Lipinski definition) is 1. The van der Waals surface area contributed by atoms with Crippen LogP contribution in [-0.4, -0.2) is 33.7 Å². The number of rotatable bonds is 6. The molecule has 19 heavy (non-hydrogen) atoms. The highest BCUT2D eigenvalue weighted by Gasteiger charge is 2.18. The van der Waals surface area contributed by atoms with Gasteiger partial charge in [-0.05, 0) is 26.5 Å². The van der Waals surface area contributed by atoms with E-state index in [9.17, 15) is 5.11 Å². The molecule has 0 saturated carbocycles. The van der Waals surface area contributed by atoms with E-state index in [2.05, 4.69) is 22.2 Å². The van der Waals surface area contributed by atoms with Gasteiger partial charge in [-0.3, -0.25) is 4.90 Å². The van der Waals surface area contributed by atoms with Gasteiger partial charge in [-0.15, -0.1) is 11.3 Å². The molecule has 0 saturated heterocycles. The van der Waals surface area contributed by atoms with Crippen LogP contribution in [0.1, 0.15) is 26.5 Å².